The summed E-state index contributed by atoms with van der Waals surface area (Å²) in [6, 6.07) is 12.7. The van der Waals surface area contributed by atoms with Crippen molar-refractivity contribution in [3.63, 3.8) is 0 Å². The van der Waals surface area contributed by atoms with Crippen molar-refractivity contribution in [2.75, 3.05) is 39.1 Å². The fraction of sp³-hybridized carbons (Fsp3) is 0.200. The van der Waals surface area contributed by atoms with E-state index in [9.17, 15) is 0 Å². The zero-order valence-corrected chi connectivity index (χ0v) is 16.1. The Labute approximate surface area is 163 Å². The first-order valence-electron chi connectivity index (χ1n) is 8.48. The van der Waals surface area contributed by atoms with E-state index in [1.807, 2.05) is 30.3 Å². The highest BCUT2D eigenvalue weighted by molar-refractivity contribution is 5.68. The van der Waals surface area contributed by atoms with E-state index in [-0.39, 0.29) is 0 Å². The summed E-state index contributed by atoms with van der Waals surface area (Å²) in [4.78, 5) is 8.76. The molecule has 0 saturated heterocycles. The first kappa shape index (κ1) is 19.1. The van der Waals surface area contributed by atoms with Crippen molar-refractivity contribution in [2.24, 2.45) is 0 Å². The van der Waals surface area contributed by atoms with Gasteiger partial charge in [0.15, 0.2) is 0 Å². The third-order valence-corrected chi connectivity index (χ3v) is 3.98. The second kappa shape index (κ2) is 8.81. The van der Waals surface area contributed by atoms with E-state index < -0.39 is 0 Å². The van der Waals surface area contributed by atoms with Gasteiger partial charge in [0.1, 0.15) is 28.8 Å². The van der Waals surface area contributed by atoms with Gasteiger partial charge in [0.25, 0.3) is 0 Å². The van der Waals surface area contributed by atoms with Crippen LogP contribution in [0.2, 0.25) is 0 Å². The van der Waals surface area contributed by atoms with Gasteiger partial charge in [-0.2, -0.15) is 4.98 Å². The predicted octanol–water partition coefficient (Wildman–Crippen LogP) is 4.00. The van der Waals surface area contributed by atoms with E-state index >= 15 is 0 Å². The Morgan fingerprint density at radius 1 is 0.679 bits per heavy atom. The highest BCUT2D eigenvalue weighted by Crippen LogP contribution is 2.32. The summed E-state index contributed by atoms with van der Waals surface area (Å²) in [6.45, 7) is 0. The minimum absolute atomic E-state index is 0.412. The summed E-state index contributed by atoms with van der Waals surface area (Å²) in [7, 11) is 6.41. The molecule has 3 aromatic rings. The molecule has 0 aliphatic heterocycles. The molecule has 2 aromatic carbocycles. The number of hydrogen-bond acceptors (Lipinski definition) is 8. The van der Waals surface area contributed by atoms with Crippen LogP contribution in [0.1, 0.15) is 0 Å². The first-order valence-corrected chi connectivity index (χ1v) is 8.48. The van der Waals surface area contributed by atoms with E-state index in [1.165, 1.54) is 0 Å². The molecule has 8 heteroatoms. The van der Waals surface area contributed by atoms with Crippen molar-refractivity contribution in [2.45, 2.75) is 0 Å². The molecule has 2 N–H and O–H groups in total. The van der Waals surface area contributed by atoms with Crippen molar-refractivity contribution < 1.29 is 18.9 Å². The largest absolute Gasteiger partial charge is 0.497 e. The van der Waals surface area contributed by atoms with E-state index in [1.54, 1.807) is 46.8 Å². The maximum atomic E-state index is 5.40. The van der Waals surface area contributed by atoms with Gasteiger partial charge in [-0.1, -0.05) is 0 Å². The molecule has 0 unspecified atom stereocenters. The van der Waals surface area contributed by atoms with Crippen molar-refractivity contribution in [3.05, 3.63) is 48.7 Å². The van der Waals surface area contributed by atoms with Crippen LogP contribution >= 0.6 is 0 Å². The van der Waals surface area contributed by atoms with Crippen molar-refractivity contribution >= 4 is 23.1 Å². The molecule has 8 nitrogen and oxygen atoms in total. The standard InChI is InChI=1S/C20H22N4O4/c1-25-13-6-8-17(27-3)16(11-13)22-19-9-10-21-20(24-19)23-15-7-5-14(26-2)12-18(15)28-4/h5-12H,1-4H3,(H2,21,22,23,24). The van der Waals surface area contributed by atoms with Crippen LogP contribution in [0.15, 0.2) is 48.7 Å². The highest BCUT2D eigenvalue weighted by Gasteiger charge is 2.09. The number of anilines is 4. The molecule has 0 aliphatic rings. The van der Waals surface area contributed by atoms with E-state index in [0.717, 1.165) is 11.4 Å². The molecule has 0 spiro atoms. The molecular formula is C20H22N4O4. The van der Waals surface area contributed by atoms with Crippen molar-refractivity contribution in [1.29, 1.82) is 0 Å². The Hall–Kier alpha value is -3.68. The Kier molecular flexibility index (Phi) is 6.01. The second-order valence-corrected chi connectivity index (χ2v) is 5.65. The normalized spacial score (nSPS) is 10.1. The molecule has 0 aliphatic carbocycles. The maximum absolute atomic E-state index is 5.40. The molecule has 1 aromatic heterocycles. The quantitative estimate of drug-likeness (QED) is 0.605. The van der Waals surface area contributed by atoms with Crippen LogP contribution in [0.3, 0.4) is 0 Å². The van der Waals surface area contributed by atoms with E-state index in [2.05, 4.69) is 20.6 Å². The van der Waals surface area contributed by atoms with Crippen LogP contribution in [0.4, 0.5) is 23.1 Å². The topological polar surface area (TPSA) is 86.8 Å². The number of rotatable bonds is 8. The fourth-order valence-corrected chi connectivity index (χ4v) is 2.56. The van der Waals surface area contributed by atoms with Gasteiger partial charge in [0.05, 0.1) is 39.8 Å². The SMILES string of the molecule is COc1ccc(OC)c(Nc2ccnc(Nc3ccc(OC)cc3OC)n2)c1. The van der Waals surface area contributed by atoms with Crippen LogP contribution in [0.25, 0.3) is 0 Å². The molecule has 1 heterocycles. The average Bonchev–Trinajstić information content (AvgIpc) is 2.74. The molecule has 0 atom stereocenters. The third-order valence-electron chi connectivity index (χ3n) is 3.98. The van der Waals surface area contributed by atoms with E-state index in [4.69, 9.17) is 18.9 Å². The fourth-order valence-electron chi connectivity index (χ4n) is 2.56. The summed E-state index contributed by atoms with van der Waals surface area (Å²) in [5.41, 5.74) is 1.45. The van der Waals surface area contributed by atoms with Gasteiger partial charge < -0.3 is 29.6 Å². The summed E-state index contributed by atoms with van der Waals surface area (Å²) in [5.74, 6) is 3.70. The first-order chi connectivity index (χ1) is 13.7. The summed E-state index contributed by atoms with van der Waals surface area (Å²) in [6.07, 6.45) is 1.65. The molecule has 0 amide bonds. The molecule has 0 fully saturated rings. The van der Waals surface area contributed by atoms with Crippen molar-refractivity contribution in [1.82, 2.24) is 9.97 Å². The summed E-state index contributed by atoms with van der Waals surface area (Å²) < 4.78 is 21.3. The van der Waals surface area contributed by atoms with Gasteiger partial charge >= 0.3 is 0 Å². The van der Waals surface area contributed by atoms with Crippen LogP contribution in [-0.2, 0) is 0 Å². The highest BCUT2D eigenvalue weighted by atomic mass is 16.5. The molecule has 3 rings (SSSR count). The lowest BCUT2D eigenvalue weighted by atomic mass is 10.2. The van der Waals surface area contributed by atoms with E-state index in [0.29, 0.717) is 34.8 Å². The number of nitrogens with zero attached hydrogens (tertiary/aromatic N) is 2. The Bertz CT molecular complexity index is 949. The smallest absolute Gasteiger partial charge is 0.229 e. The number of benzene rings is 2. The Morgan fingerprint density at radius 3 is 2.11 bits per heavy atom. The Balaban J connectivity index is 1.84. The number of aromatic nitrogens is 2. The lowest BCUT2D eigenvalue weighted by Gasteiger charge is -2.14. The second-order valence-electron chi connectivity index (χ2n) is 5.65. The number of nitrogens with one attached hydrogen (secondary N) is 2. The van der Waals surface area contributed by atoms with Crippen LogP contribution in [-0.4, -0.2) is 38.4 Å². The summed E-state index contributed by atoms with van der Waals surface area (Å²) >= 11 is 0. The average molecular weight is 382 g/mol. The Morgan fingerprint density at radius 2 is 1.39 bits per heavy atom. The number of methoxy groups -OCH3 is 4. The zero-order valence-electron chi connectivity index (χ0n) is 16.1. The van der Waals surface area contributed by atoms with Crippen molar-refractivity contribution in [3.8, 4) is 23.0 Å². The van der Waals surface area contributed by atoms with Gasteiger partial charge in [-0.15, -0.1) is 0 Å². The van der Waals surface area contributed by atoms with Gasteiger partial charge in [-0.25, -0.2) is 4.98 Å². The number of hydrogen-bond donors (Lipinski definition) is 2. The van der Waals surface area contributed by atoms with Crippen LogP contribution in [0, 0.1) is 0 Å². The molecule has 0 saturated carbocycles. The monoisotopic (exact) mass is 382 g/mol. The molecular weight excluding hydrogens is 360 g/mol. The van der Waals surface area contributed by atoms with Gasteiger partial charge in [0, 0.05) is 18.3 Å². The molecule has 146 valence electrons. The van der Waals surface area contributed by atoms with Crippen LogP contribution < -0.4 is 29.6 Å². The lowest BCUT2D eigenvalue weighted by Crippen LogP contribution is -2.02. The minimum Gasteiger partial charge on any atom is -0.497 e. The molecule has 0 radical (unpaired) electrons. The van der Waals surface area contributed by atoms with Gasteiger partial charge in [0.2, 0.25) is 5.95 Å². The number of ether oxygens (including phenoxy) is 4. The van der Waals surface area contributed by atoms with Crippen LogP contribution in [0.5, 0.6) is 23.0 Å². The van der Waals surface area contributed by atoms with Gasteiger partial charge in [-0.3, -0.25) is 0 Å². The maximum Gasteiger partial charge on any atom is 0.229 e. The lowest BCUT2D eigenvalue weighted by molar-refractivity contribution is 0.395. The molecule has 0 bridgehead atoms. The minimum atomic E-state index is 0.412. The summed E-state index contributed by atoms with van der Waals surface area (Å²) in [5, 5.41) is 6.38. The van der Waals surface area contributed by atoms with Gasteiger partial charge in [-0.05, 0) is 30.3 Å². The zero-order chi connectivity index (χ0) is 19.9. The third kappa shape index (κ3) is 4.35. The molecule has 28 heavy (non-hydrogen) atoms. The predicted molar refractivity (Wildman–Crippen MR) is 108 cm³/mol.